The molecule has 1 aliphatic carbocycles. The van der Waals surface area contributed by atoms with Gasteiger partial charge in [0.1, 0.15) is 0 Å². The van der Waals surface area contributed by atoms with Gasteiger partial charge in [0.05, 0.1) is 11.5 Å². The average molecular weight is 269 g/mol. The van der Waals surface area contributed by atoms with Crippen LogP contribution in [0.2, 0.25) is 0 Å². The Morgan fingerprint density at radius 2 is 1.89 bits per heavy atom. The Bertz CT molecular complexity index is 562. The molecule has 4 nitrogen and oxygen atoms in total. The third-order valence-corrected chi connectivity index (χ3v) is 5.57. The van der Waals surface area contributed by atoms with Gasteiger partial charge in [-0.15, -0.1) is 0 Å². The van der Waals surface area contributed by atoms with E-state index in [0.717, 1.165) is 24.0 Å². The lowest BCUT2D eigenvalue weighted by atomic mass is 10.1. The van der Waals surface area contributed by atoms with E-state index in [4.69, 9.17) is 0 Å². The molecule has 0 aromatic heterocycles. The Morgan fingerprint density at radius 1 is 1.28 bits per heavy atom. The second kappa shape index (κ2) is 4.64. The van der Waals surface area contributed by atoms with E-state index in [1.165, 1.54) is 4.31 Å². The van der Waals surface area contributed by atoms with Crippen molar-refractivity contribution >= 4 is 10.0 Å². The highest BCUT2D eigenvalue weighted by Crippen LogP contribution is 2.32. The molecule has 100 valence electrons. The summed E-state index contributed by atoms with van der Waals surface area (Å²) in [6, 6.07) is 3.56. The number of benzene rings is 1. The first-order valence-corrected chi connectivity index (χ1v) is 7.51. The van der Waals surface area contributed by atoms with E-state index in [0.29, 0.717) is 10.5 Å². The molecule has 0 bridgehead atoms. The summed E-state index contributed by atoms with van der Waals surface area (Å²) in [5, 5.41) is 9.25. The van der Waals surface area contributed by atoms with Gasteiger partial charge in [-0.1, -0.05) is 6.07 Å². The van der Waals surface area contributed by atoms with E-state index in [1.807, 2.05) is 13.0 Å². The summed E-state index contributed by atoms with van der Waals surface area (Å²) >= 11 is 0. The van der Waals surface area contributed by atoms with E-state index in [-0.39, 0.29) is 12.6 Å². The van der Waals surface area contributed by atoms with Crippen LogP contribution in [0.3, 0.4) is 0 Å². The minimum absolute atomic E-state index is 0.137. The van der Waals surface area contributed by atoms with Crippen molar-refractivity contribution in [2.75, 3.05) is 7.05 Å². The fourth-order valence-electron chi connectivity index (χ4n) is 2.11. The van der Waals surface area contributed by atoms with E-state index in [9.17, 15) is 13.5 Å². The van der Waals surface area contributed by atoms with Gasteiger partial charge in [-0.3, -0.25) is 0 Å². The number of hydrogen-bond donors (Lipinski definition) is 1. The van der Waals surface area contributed by atoms with Crippen LogP contribution >= 0.6 is 0 Å². The van der Waals surface area contributed by atoms with Gasteiger partial charge in [0.2, 0.25) is 10.0 Å². The molecule has 0 saturated heterocycles. The highest BCUT2D eigenvalue weighted by Gasteiger charge is 2.35. The van der Waals surface area contributed by atoms with Crippen molar-refractivity contribution in [1.82, 2.24) is 4.31 Å². The molecule has 1 fully saturated rings. The molecule has 0 spiro atoms. The second-order valence-electron chi connectivity index (χ2n) is 4.95. The minimum atomic E-state index is -3.43. The van der Waals surface area contributed by atoms with Crippen LogP contribution in [0.1, 0.15) is 29.5 Å². The van der Waals surface area contributed by atoms with E-state index in [2.05, 4.69) is 0 Å². The third-order valence-electron chi connectivity index (χ3n) is 3.52. The Kier molecular flexibility index (Phi) is 3.49. The average Bonchev–Trinajstić information content (AvgIpc) is 3.11. The smallest absolute Gasteiger partial charge is 0.243 e. The van der Waals surface area contributed by atoms with Gasteiger partial charge in [-0.05, 0) is 49.4 Å². The molecule has 2 rings (SSSR count). The fourth-order valence-corrected chi connectivity index (χ4v) is 3.78. The molecule has 18 heavy (non-hydrogen) atoms. The molecule has 1 aromatic carbocycles. The molecule has 1 N–H and O–H groups in total. The molecule has 0 heterocycles. The predicted molar refractivity (Wildman–Crippen MR) is 69.8 cm³/mol. The van der Waals surface area contributed by atoms with Gasteiger partial charge in [-0.2, -0.15) is 4.31 Å². The van der Waals surface area contributed by atoms with Crippen LogP contribution in [0.25, 0.3) is 0 Å². The van der Waals surface area contributed by atoms with Crippen LogP contribution in [-0.4, -0.2) is 30.9 Å². The normalized spacial score (nSPS) is 16.3. The number of hydrogen-bond acceptors (Lipinski definition) is 3. The molecule has 1 aromatic rings. The van der Waals surface area contributed by atoms with E-state index in [1.54, 1.807) is 20.0 Å². The maximum Gasteiger partial charge on any atom is 0.243 e. The van der Waals surface area contributed by atoms with Crippen LogP contribution in [0, 0.1) is 13.8 Å². The topological polar surface area (TPSA) is 57.6 Å². The van der Waals surface area contributed by atoms with Gasteiger partial charge in [0, 0.05) is 13.1 Å². The lowest BCUT2D eigenvalue weighted by Crippen LogP contribution is -2.29. The Labute approximate surface area is 108 Å². The largest absolute Gasteiger partial charge is 0.392 e. The Hall–Kier alpha value is -0.910. The van der Waals surface area contributed by atoms with Crippen molar-refractivity contribution in [3.8, 4) is 0 Å². The van der Waals surface area contributed by atoms with E-state index < -0.39 is 10.0 Å². The van der Waals surface area contributed by atoms with Crippen molar-refractivity contribution in [1.29, 1.82) is 0 Å². The summed E-state index contributed by atoms with van der Waals surface area (Å²) < 4.78 is 26.4. The number of aliphatic hydroxyl groups is 1. The van der Waals surface area contributed by atoms with Crippen LogP contribution in [0.5, 0.6) is 0 Å². The highest BCUT2D eigenvalue weighted by atomic mass is 32.2. The summed E-state index contributed by atoms with van der Waals surface area (Å²) in [5.74, 6) is 0. The maximum absolute atomic E-state index is 12.5. The fraction of sp³-hybridized carbons (Fsp3) is 0.538. The standard InChI is InChI=1S/C13H19NO3S/c1-9-6-10(2)13(7-11(9)8-15)18(16,17)14(3)12-4-5-12/h6-7,12,15H,4-5,8H2,1-3H3. The van der Waals surface area contributed by atoms with Gasteiger partial charge < -0.3 is 5.11 Å². The van der Waals surface area contributed by atoms with Crippen molar-refractivity contribution < 1.29 is 13.5 Å². The summed E-state index contributed by atoms with van der Waals surface area (Å²) in [6.45, 7) is 3.53. The van der Waals surface area contributed by atoms with Crippen LogP contribution < -0.4 is 0 Å². The molecule has 5 heteroatoms. The number of rotatable bonds is 4. The van der Waals surface area contributed by atoms with Crippen molar-refractivity contribution in [2.45, 2.75) is 44.2 Å². The molecular weight excluding hydrogens is 250 g/mol. The van der Waals surface area contributed by atoms with Crippen molar-refractivity contribution in [3.63, 3.8) is 0 Å². The molecule has 0 unspecified atom stereocenters. The van der Waals surface area contributed by atoms with E-state index >= 15 is 0 Å². The summed E-state index contributed by atoms with van der Waals surface area (Å²) in [7, 11) is -1.80. The molecule has 0 aliphatic heterocycles. The first kappa shape index (κ1) is 13.5. The monoisotopic (exact) mass is 269 g/mol. The van der Waals surface area contributed by atoms with Crippen molar-refractivity contribution in [3.05, 3.63) is 28.8 Å². The molecule has 0 radical (unpaired) electrons. The summed E-state index contributed by atoms with van der Waals surface area (Å²) in [5.41, 5.74) is 2.32. The number of nitrogens with zero attached hydrogens (tertiary/aromatic N) is 1. The maximum atomic E-state index is 12.5. The lowest BCUT2D eigenvalue weighted by Gasteiger charge is -2.19. The molecule has 0 atom stereocenters. The van der Waals surface area contributed by atoms with Crippen molar-refractivity contribution in [2.24, 2.45) is 0 Å². The highest BCUT2D eigenvalue weighted by molar-refractivity contribution is 7.89. The zero-order valence-electron chi connectivity index (χ0n) is 11.0. The molecule has 0 amide bonds. The molecule has 1 aliphatic rings. The van der Waals surface area contributed by atoms with Gasteiger partial charge in [-0.25, -0.2) is 8.42 Å². The lowest BCUT2D eigenvalue weighted by molar-refractivity contribution is 0.280. The summed E-state index contributed by atoms with van der Waals surface area (Å²) in [6.07, 6.45) is 1.88. The second-order valence-corrected chi connectivity index (χ2v) is 6.92. The first-order valence-electron chi connectivity index (χ1n) is 6.07. The number of aryl methyl sites for hydroxylation is 2. The number of sulfonamides is 1. The zero-order valence-corrected chi connectivity index (χ0v) is 11.8. The van der Waals surface area contributed by atoms with Crippen LogP contribution in [0.4, 0.5) is 0 Å². The van der Waals surface area contributed by atoms with Gasteiger partial charge >= 0.3 is 0 Å². The minimum Gasteiger partial charge on any atom is -0.392 e. The van der Waals surface area contributed by atoms with Gasteiger partial charge in [0.25, 0.3) is 0 Å². The zero-order chi connectivity index (χ0) is 13.5. The first-order chi connectivity index (χ1) is 8.37. The number of aliphatic hydroxyl groups excluding tert-OH is 1. The predicted octanol–water partition coefficient (Wildman–Crippen LogP) is 1.58. The quantitative estimate of drug-likeness (QED) is 0.903. The molecular formula is C13H19NO3S. The van der Waals surface area contributed by atoms with Crippen LogP contribution in [0.15, 0.2) is 17.0 Å². The third kappa shape index (κ3) is 2.30. The SMILES string of the molecule is Cc1cc(C)c(S(=O)(=O)N(C)C2CC2)cc1CO. The Balaban J connectivity index is 2.49. The summed E-state index contributed by atoms with van der Waals surface area (Å²) in [4.78, 5) is 0.312. The van der Waals surface area contributed by atoms with Crippen LogP contribution in [-0.2, 0) is 16.6 Å². The van der Waals surface area contributed by atoms with Gasteiger partial charge in [0.15, 0.2) is 0 Å². The Morgan fingerprint density at radius 3 is 2.39 bits per heavy atom. The molecule has 1 saturated carbocycles.